The van der Waals surface area contributed by atoms with Gasteiger partial charge in [0, 0.05) is 0 Å². The molecule has 2 unspecified atom stereocenters. The predicted molar refractivity (Wildman–Crippen MR) is 106 cm³/mol. The van der Waals surface area contributed by atoms with Crippen molar-refractivity contribution in [1.82, 2.24) is 10.6 Å². The Bertz CT molecular complexity index is 884. The first-order valence-corrected chi connectivity index (χ1v) is 9.41. The van der Waals surface area contributed by atoms with Crippen LogP contribution >= 0.6 is 11.6 Å². The van der Waals surface area contributed by atoms with Gasteiger partial charge in [-0.05, 0) is 42.7 Å². The average Bonchev–Trinajstić information content (AvgIpc) is 2.65. The van der Waals surface area contributed by atoms with Gasteiger partial charge in [-0.25, -0.2) is 0 Å². The van der Waals surface area contributed by atoms with E-state index in [4.69, 9.17) is 11.6 Å². The van der Waals surface area contributed by atoms with E-state index in [0.29, 0.717) is 5.56 Å². The molecule has 2 atom stereocenters. The predicted octanol–water partition coefficient (Wildman–Crippen LogP) is 4.99. The molecular weight excluding hydrogens is 405 g/mol. The highest BCUT2D eigenvalue weighted by atomic mass is 35.5. The van der Waals surface area contributed by atoms with Crippen molar-refractivity contribution in [2.45, 2.75) is 39.0 Å². The minimum atomic E-state index is -4.47. The number of amides is 2. The van der Waals surface area contributed by atoms with E-state index >= 15 is 0 Å². The summed E-state index contributed by atoms with van der Waals surface area (Å²) in [7, 11) is 0. The second kappa shape index (κ2) is 9.31. The quantitative estimate of drug-likeness (QED) is 0.683. The van der Waals surface area contributed by atoms with Crippen molar-refractivity contribution in [3.8, 4) is 0 Å². The fourth-order valence-electron chi connectivity index (χ4n) is 2.77. The van der Waals surface area contributed by atoms with Crippen LogP contribution in [-0.2, 0) is 11.0 Å². The van der Waals surface area contributed by atoms with Crippen LogP contribution in [0.4, 0.5) is 13.2 Å². The first-order chi connectivity index (χ1) is 13.5. The molecule has 0 spiro atoms. The Morgan fingerprint density at radius 2 is 1.62 bits per heavy atom. The van der Waals surface area contributed by atoms with Crippen molar-refractivity contribution in [3.05, 3.63) is 70.2 Å². The van der Waals surface area contributed by atoms with Gasteiger partial charge in [0.2, 0.25) is 5.91 Å². The minimum absolute atomic E-state index is 0.235. The number of carbonyl (C=O) groups excluding carboxylic acids is 2. The van der Waals surface area contributed by atoms with Gasteiger partial charge >= 0.3 is 6.18 Å². The van der Waals surface area contributed by atoms with Gasteiger partial charge in [0.1, 0.15) is 6.04 Å². The summed E-state index contributed by atoms with van der Waals surface area (Å²) in [5.74, 6) is -1.25. The maximum atomic E-state index is 12.9. The SMILES string of the molecule is CC(NC(=O)C(NC(=O)c1ccccc1Cl)C(C)C)c1cccc(C(F)(F)F)c1. The molecule has 2 aromatic rings. The molecule has 2 rings (SSSR count). The van der Waals surface area contributed by atoms with E-state index in [2.05, 4.69) is 10.6 Å². The Balaban J connectivity index is 2.13. The molecule has 29 heavy (non-hydrogen) atoms. The molecule has 0 aliphatic rings. The topological polar surface area (TPSA) is 58.2 Å². The van der Waals surface area contributed by atoms with Crippen LogP contribution in [-0.4, -0.2) is 17.9 Å². The summed E-state index contributed by atoms with van der Waals surface area (Å²) >= 11 is 6.02. The van der Waals surface area contributed by atoms with Crippen LogP contribution in [0.1, 0.15) is 48.3 Å². The van der Waals surface area contributed by atoms with Crippen molar-refractivity contribution in [2.75, 3.05) is 0 Å². The summed E-state index contributed by atoms with van der Waals surface area (Å²) < 4.78 is 38.8. The summed E-state index contributed by atoms with van der Waals surface area (Å²) in [6.45, 7) is 5.10. The monoisotopic (exact) mass is 426 g/mol. The molecule has 0 heterocycles. The summed E-state index contributed by atoms with van der Waals surface area (Å²) in [6.07, 6.45) is -4.47. The first-order valence-electron chi connectivity index (χ1n) is 9.03. The van der Waals surface area contributed by atoms with Gasteiger partial charge in [-0.1, -0.05) is 49.7 Å². The lowest BCUT2D eigenvalue weighted by Gasteiger charge is -2.24. The lowest BCUT2D eigenvalue weighted by atomic mass is 10.0. The summed E-state index contributed by atoms with van der Waals surface area (Å²) in [6, 6.07) is 9.65. The van der Waals surface area contributed by atoms with Gasteiger partial charge in [0.15, 0.2) is 0 Å². The molecule has 0 saturated heterocycles. The largest absolute Gasteiger partial charge is 0.416 e. The molecule has 4 nitrogen and oxygen atoms in total. The van der Waals surface area contributed by atoms with E-state index < -0.39 is 35.6 Å². The normalized spacial score (nSPS) is 13.7. The lowest BCUT2D eigenvalue weighted by Crippen LogP contribution is -2.50. The fourth-order valence-corrected chi connectivity index (χ4v) is 2.99. The second-order valence-corrected chi connectivity index (χ2v) is 7.44. The molecule has 0 aromatic heterocycles. The summed E-state index contributed by atoms with van der Waals surface area (Å²) in [5, 5.41) is 5.58. The van der Waals surface area contributed by atoms with E-state index in [-0.39, 0.29) is 16.5 Å². The Morgan fingerprint density at radius 3 is 2.21 bits per heavy atom. The number of benzene rings is 2. The van der Waals surface area contributed by atoms with Crippen molar-refractivity contribution in [3.63, 3.8) is 0 Å². The molecule has 2 aromatic carbocycles. The van der Waals surface area contributed by atoms with Crippen LogP contribution in [0.25, 0.3) is 0 Å². The third-order valence-electron chi connectivity index (χ3n) is 4.43. The number of nitrogens with one attached hydrogen (secondary N) is 2. The maximum absolute atomic E-state index is 12.9. The molecule has 0 aliphatic carbocycles. The van der Waals surface area contributed by atoms with Crippen LogP contribution in [0.5, 0.6) is 0 Å². The van der Waals surface area contributed by atoms with Crippen LogP contribution in [0, 0.1) is 5.92 Å². The third-order valence-corrected chi connectivity index (χ3v) is 4.76. The zero-order chi connectivity index (χ0) is 21.8. The highest BCUT2D eigenvalue weighted by Crippen LogP contribution is 2.30. The standard InChI is InChI=1S/C21H22ClF3N2O2/c1-12(2)18(27-19(28)16-9-4-5-10-17(16)22)20(29)26-13(3)14-7-6-8-15(11-14)21(23,24)25/h4-13,18H,1-3H3,(H,26,29)(H,27,28). The van der Waals surface area contributed by atoms with E-state index in [9.17, 15) is 22.8 Å². The Labute approximate surface area is 172 Å². The van der Waals surface area contributed by atoms with E-state index in [0.717, 1.165) is 12.1 Å². The van der Waals surface area contributed by atoms with Gasteiger partial charge in [-0.2, -0.15) is 13.2 Å². The van der Waals surface area contributed by atoms with Gasteiger partial charge < -0.3 is 10.6 Å². The molecule has 8 heteroatoms. The maximum Gasteiger partial charge on any atom is 0.416 e. The van der Waals surface area contributed by atoms with Gasteiger partial charge in [0.25, 0.3) is 5.91 Å². The number of halogens is 4. The zero-order valence-electron chi connectivity index (χ0n) is 16.2. The second-order valence-electron chi connectivity index (χ2n) is 7.03. The molecule has 156 valence electrons. The minimum Gasteiger partial charge on any atom is -0.348 e. The summed E-state index contributed by atoms with van der Waals surface area (Å²) in [4.78, 5) is 25.2. The number of hydrogen-bond donors (Lipinski definition) is 2. The lowest BCUT2D eigenvalue weighted by molar-refractivity contribution is -0.137. The molecule has 0 aliphatic heterocycles. The zero-order valence-corrected chi connectivity index (χ0v) is 16.9. The Morgan fingerprint density at radius 1 is 0.966 bits per heavy atom. The van der Waals surface area contributed by atoms with E-state index in [1.54, 1.807) is 39.0 Å². The van der Waals surface area contributed by atoms with E-state index in [1.165, 1.54) is 18.2 Å². The van der Waals surface area contributed by atoms with Crippen molar-refractivity contribution < 1.29 is 22.8 Å². The highest BCUT2D eigenvalue weighted by Gasteiger charge is 2.31. The molecule has 0 radical (unpaired) electrons. The van der Waals surface area contributed by atoms with Crippen molar-refractivity contribution in [1.29, 1.82) is 0 Å². The first kappa shape index (κ1) is 22.7. The van der Waals surface area contributed by atoms with Crippen LogP contribution in [0.3, 0.4) is 0 Å². The molecule has 0 bridgehead atoms. The fraction of sp³-hybridized carbons (Fsp3) is 0.333. The molecule has 2 N–H and O–H groups in total. The Kier molecular flexibility index (Phi) is 7.30. The Hall–Kier alpha value is -2.54. The van der Waals surface area contributed by atoms with Gasteiger partial charge in [-0.3, -0.25) is 9.59 Å². The van der Waals surface area contributed by atoms with Crippen molar-refractivity contribution in [2.24, 2.45) is 5.92 Å². The number of hydrogen-bond acceptors (Lipinski definition) is 2. The van der Waals surface area contributed by atoms with E-state index in [1.807, 2.05) is 0 Å². The number of alkyl halides is 3. The van der Waals surface area contributed by atoms with Gasteiger partial charge in [-0.15, -0.1) is 0 Å². The molecule has 0 fully saturated rings. The van der Waals surface area contributed by atoms with Crippen molar-refractivity contribution >= 4 is 23.4 Å². The smallest absolute Gasteiger partial charge is 0.348 e. The average molecular weight is 427 g/mol. The molecular formula is C21H22ClF3N2O2. The van der Waals surface area contributed by atoms with Crippen LogP contribution in [0.15, 0.2) is 48.5 Å². The van der Waals surface area contributed by atoms with Crippen LogP contribution in [0.2, 0.25) is 5.02 Å². The number of rotatable bonds is 6. The molecule has 0 saturated carbocycles. The molecule has 2 amide bonds. The van der Waals surface area contributed by atoms with Gasteiger partial charge in [0.05, 0.1) is 22.2 Å². The third kappa shape index (κ3) is 5.97. The summed E-state index contributed by atoms with van der Waals surface area (Å²) in [5.41, 5.74) is -0.241. The number of carbonyl (C=O) groups is 2. The van der Waals surface area contributed by atoms with Crippen LogP contribution < -0.4 is 10.6 Å². The highest BCUT2D eigenvalue weighted by molar-refractivity contribution is 6.33.